The zero-order chi connectivity index (χ0) is 23.6. The lowest BCUT2D eigenvalue weighted by molar-refractivity contribution is 0.0985. The number of aromatic nitrogens is 2. The van der Waals surface area contributed by atoms with E-state index in [4.69, 9.17) is 9.72 Å². The first-order valence-electron chi connectivity index (χ1n) is 11.0. The van der Waals surface area contributed by atoms with Crippen molar-refractivity contribution in [3.8, 4) is 11.4 Å². The number of sulfone groups is 1. The molecule has 1 aromatic carbocycles. The number of carbonyl (C=O) groups is 1. The molecular weight excluding hydrogens is 446 g/mol. The summed E-state index contributed by atoms with van der Waals surface area (Å²) < 4.78 is 30.4. The van der Waals surface area contributed by atoms with Crippen LogP contribution in [0.5, 0.6) is 0 Å². The van der Waals surface area contributed by atoms with Crippen LogP contribution in [-0.2, 0) is 19.3 Å². The lowest BCUT2D eigenvalue weighted by Crippen LogP contribution is -2.44. The second-order valence-electron chi connectivity index (χ2n) is 8.37. The number of rotatable bonds is 7. The van der Waals surface area contributed by atoms with Gasteiger partial charge >= 0.3 is 6.03 Å². The van der Waals surface area contributed by atoms with E-state index >= 15 is 0 Å². The molecule has 1 aliphatic heterocycles. The fourth-order valence-electron chi connectivity index (χ4n) is 4.06. The summed E-state index contributed by atoms with van der Waals surface area (Å²) in [6, 6.07) is 8.60. The summed E-state index contributed by atoms with van der Waals surface area (Å²) in [5.41, 5.74) is 1.78. The van der Waals surface area contributed by atoms with Gasteiger partial charge in [0, 0.05) is 30.9 Å². The number of nitrogens with one attached hydrogen (secondary N) is 2. The van der Waals surface area contributed by atoms with Crippen molar-refractivity contribution in [3.05, 3.63) is 36.0 Å². The highest BCUT2D eigenvalue weighted by Gasteiger charge is 2.57. The highest BCUT2D eigenvalue weighted by molar-refractivity contribution is 7.92. The number of aliphatic hydroxyl groups excluding tert-OH is 1. The molecule has 10 nitrogen and oxygen atoms in total. The lowest BCUT2D eigenvalue weighted by Gasteiger charge is -2.34. The average molecular weight is 476 g/mol. The molecule has 33 heavy (non-hydrogen) atoms. The van der Waals surface area contributed by atoms with Gasteiger partial charge in [0.25, 0.3) is 0 Å². The van der Waals surface area contributed by atoms with E-state index in [1.54, 1.807) is 30.3 Å². The molecule has 178 valence electrons. The zero-order valence-corrected chi connectivity index (χ0v) is 19.6. The standard InChI is InChI=1S/C22H29N5O5S/c1-15-14-32-11-9-27(15)19-13-18(22(7-8-22)33(30,31)12-10-28)25-20(26-19)16-3-5-17(6-4-16)24-21(29)23-2/h3-6,13,15,28H,7-12,14H2,1-2H3,(H2,23,24,29)/t15-/m0/s1. The van der Waals surface area contributed by atoms with Crippen molar-refractivity contribution in [2.24, 2.45) is 0 Å². The van der Waals surface area contributed by atoms with Gasteiger partial charge in [-0.1, -0.05) is 0 Å². The second kappa shape index (κ2) is 9.24. The van der Waals surface area contributed by atoms with Crippen LogP contribution >= 0.6 is 0 Å². The molecule has 0 bridgehead atoms. The van der Waals surface area contributed by atoms with Crippen LogP contribution in [0.3, 0.4) is 0 Å². The molecule has 1 aromatic heterocycles. The molecule has 2 aliphatic rings. The Hall–Kier alpha value is -2.76. The summed E-state index contributed by atoms with van der Waals surface area (Å²) in [5, 5.41) is 14.5. The Morgan fingerprint density at radius 2 is 2.00 bits per heavy atom. The van der Waals surface area contributed by atoms with Crippen molar-refractivity contribution in [2.45, 2.75) is 30.6 Å². The van der Waals surface area contributed by atoms with Crippen LogP contribution < -0.4 is 15.5 Å². The average Bonchev–Trinajstić information content (AvgIpc) is 3.62. The van der Waals surface area contributed by atoms with Crippen LogP contribution in [0.1, 0.15) is 25.5 Å². The molecular formula is C22H29N5O5S. The Morgan fingerprint density at radius 1 is 1.27 bits per heavy atom. The lowest BCUT2D eigenvalue weighted by atomic mass is 10.1. The summed E-state index contributed by atoms with van der Waals surface area (Å²) in [4.78, 5) is 23.1. The molecule has 2 amide bonds. The normalized spacial score (nSPS) is 19.7. The second-order valence-corrected chi connectivity index (χ2v) is 10.8. The third-order valence-electron chi connectivity index (χ3n) is 6.13. The molecule has 2 fully saturated rings. The van der Waals surface area contributed by atoms with Crippen LogP contribution in [0, 0.1) is 0 Å². The summed E-state index contributed by atoms with van der Waals surface area (Å²) in [6.45, 7) is 3.38. The predicted octanol–water partition coefficient (Wildman–Crippen LogP) is 1.52. The summed E-state index contributed by atoms with van der Waals surface area (Å²) in [6.07, 6.45) is 0.942. The maximum atomic E-state index is 13.0. The van der Waals surface area contributed by atoms with Gasteiger partial charge < -0.3 is 25.4 Å². The van der Waals surface area contributed by atoms with Gasteiger partial charge in [0.15, 0.2) is 15.7 Å². The van der Waals surface area contributed by atoms with Gasteiger partial charge in [-0.05, 0) is 44.0 Å². The Labute approximate surface area is 193 Å². The number of ether oxygens (including phenoxy) is 1. The van der Waals surface area contributed by atoms with E-state index < -0.39 is 21.2 Å². The number of benzene rings is 1. The fraction of sp³-hybridized carbons (Fsp3) is 0.500. The van der Waals surface area contributed by atoms with Gasteiger partial charge in [-0.3, -0.25) is 0 Å². The van der Waals surface area contributed by atoms with E-state index in [1.807, 2.05) is 6.92 Å². The van der Waals surface area contributed by atoms with E-state index in [-0.39, 0.29) is 17.8 Å². The zero-order valence-electron chi connectivity index (χ0n) is 18.7. The van der Waals surface area contributed by atoms with Crippen molar-refractivity contribution in [2.75, 3.05) is 49.4 Å². The van der Waals surface area contributed by atoms with Gasteiger partial charge in [0.1, 0.15) is 10.6 Å². The number of morpholine rings is 1. The molecule has 2 heterocycles. The molecule has 1 aliphatic carbocycles. The smallest absolute Gasteiger partial charge is 0.318 e. The van der Waals surface area contributed by atoms with Gasteiger partial charge in [-0.2, -0.15) is 0 Å². The molecule has 1 saturated carbocycles. The Bertz CT molecular complexity index is 1120. The van der Waals surface area contributed by atoms with Crippen LogP contribution in [0.4, 0.5) is 16.3 Å². The molecule has 0 unspecified atom stereocenters. The van der Waals surface area contributed by atoms with E-state index in [2.05, 4.69) is 20.5 Å². The van der Waals surface area contributed by atoms with Gasteiger partial charge in [-0.25, -0.2) is 23.2 Å². The van der Waals surface area contributed by atoms with Crippen molar-refractivity contribution in [1.29, 1.82) is 0 Å². The highest BCUT2D eigenvalue weighted by atomic mass is 32.2. The highest BCUT2D eigenvalue weighted by Crippen LogP contribution is 2.53. The van der Waals surface area contributed by atoms with E-state index in [1.165, 1.54) is 7.05 Å². The van der Waals surface area contributed by atoms with Crippen molar-refractivity contribution < 1.29 is 23.1 Å². The molecule has 3 N–H and O–H groups in total. The van der Waals surface area contributed by atoms with Gasteiger partial charge in [-0.15, -0.1) is 0 Å². The molecule has 0 spiro atoms. The minimum atomic E-state index is -3.57. The minimum absolute atomic E-state index is 0.0812. The van der Waals surface area contributed by atoms with Gasteiger partial charge in [0.2, 0.25) is 0 Å². The Morgan fingerprint density at radius 3 is 2.61 bits per heavy atom. The van der Waals surface area contributed by atoms with Gasteiger partial charge in [0.05, 0.1) is 37.3 Å². The first-order valence-corrected chi connectivity index (χ1v) is 12.6. The Kier molecular flexibility index (Phi) is 6.55. The SMILES string of the molecule is CNC(=O)Nc1ccc(-c2nc(N3CCOC[C@@H]3C)cc(C3(S(=O)(=O)CCO)CC3)n2)cc1. The van der Waals surface area contributed by atoms with Crippen molar-refractivity contribution in [3.63, 3.8) is 0 Å². The summed E-state index contributed by atoms with van der Waals surface area (Å²) in [5.74, 6) is 0.775. The quantitative estimate of drug-likeness (QED) is 0.549. The number of hydrogen-bond acceptors (Lipinski definition) is 8. The monoisotopic (exact) mass is 475 g/mol. The van der Waals surface area contributed by atoms with Crippen molar-refractivity contribution >= 4 is 27.4 Å². The molecule has 4 rings (SSSR count). The maximum Gasteiger partial charge on any atom is 0.318 e. The first kappa shape index (κ1) is 23.4. The van der Waals surface area contributed by atoms with Crippen LogP contribution in [-0.4, -0.2) is 74.7 Å². The minimum Gasteiger partial charge on any atom is -0.395 e. The number of hydrogen-bond donors (Lipinski definition) is 3. The van der Waals surface area contributed by atoms with Crippen LogP contribution in [0.25, 0.3) is 11.4 Å². The van der Waals surface area contributed by atoms with E-state index in [9.17, 15) is 18.3 Å². The third-order valence-corrected chi connectivity index (χ3v) is 8.66. The van der Waals surface area contributed by atoms with Crippen molar-refractivity contribution in [1.82, 2.24) is 15.3 Å². The number of carbonyl (C=O) groups excluding carboxylic acids is 1. The molecule has 2 aromatic rings. The summed E-state index contributed by atoms with van der Waals surface area (Å²) in [7, 11) is -2.04. The Balaban J connectivity index is 1.76. The maximum absolute atomic E-state index is 13.0. The van der Waals surface area contributed by atoms with E-state index in [0.29, 0.717) is 61.2 Å². The number of anilines is 2. The van der Waals surface area contributed by atoms with E-state index in [0.717, 1.165) is 0 Å². The number of urea groups is 1. The summed E-state index contributed by atoms with van der Waals surface area (Å²) >= 11 is 0. The fourth-order valence-corrected chi connectivity index (χ4v) is 5.84. The molecule has 0 radical (unpaired) electrons. The van der Waals surface area contributed by atoms with Crippen LogP contribution in [0.2, 0.25) is 0 Å². The predicted molar refractivity (Wildman–Crippen MR) is 125 cm³/mol. The molecule has 1 saturated heterocycles. The number of amides is 2. The number of aliphatic hydroxyl groups is 1. The number of nitrogens with zero attached hydrogens (tertiary/aromatic N) is 3. The topological polar surface area (TPSA) is 134 Å². The first-order chi connectivity index (χ1) is 15.8. The molecule has 1 atom stereocenters. The molecule has 11 heteroatoms. The third kappa shape index (κ3) is 4.66. The largest absolute Gasteiger partial charge is 0.395 e. The van der Waals surface area contributed by atoms with Crippen LogP contribution in [0.15, 0.2) is 30.3 Å².